The van der Waals surface area contributed by atoms with E-state index in [4.69, 9.17) is 15.2 Å². The van der Waals surface area contributed by atoms with Gasteiger partial charge in [0.25, 0.3) is 0 Å². The molecule has 3 heteroatoms. The predicted molar refractivity (Wildman–Crippen MR) is 77.6 cm³/mol. The van der Waals surface area contributed by atoms with Crippen molar-refractivity contribution in [3.05, 3.63) is 23.8 Å². The molecule has 0 amide bonds. The smallest absolute Gasteiger partial charge is 0.161 e. The SMILES string of the molecule is COc1ccc(C2(N)CCC(C)C(C)C2)cc1OC. The molecule has 0 aromatic heterocycles. The minimum Gasteiger partial charge on any atom is -0.493 e. The molecule has 0 bridgehead atoms. The topological polar surface area (TPSA) is 44.5 Å². The Bertz CT molecular complexity index is 446. The van der Waals surface area contributed by atoms with Crippen LogP contribution in [-0.4, -0.2) is 14.2 Å². The first-order valence-electron chi connectivity index (χ1n) is 7.01. The zero-order chi connectivity index (χ0) is 14.0. The Morgan fingerprint density at radius 2 is 1.79 bits per heavy atom. The van der Waals surface area contributed by atoms with E-state index in [1.807, 2.05) is 12.1 Å². The first-order valence-corrected chi connectivity index (χ1v) is 7.01. The van der Waals surface area contributed by atoms with Crippen molar-refractivity contribution in [2.45, 2.75) is 38.6 Å². The van der Waals surface area contributed by atoms with Crippen LogP contribution in [0.15, 0.2) is 18.2 Å². The third-order valence-corrected chi connectivity index (χ3v) is 4.66. The Morgan fingerprint density at radius 3 is 2.37 bits per heavy atom. The maximum atomic E-state index is 6.65. The van der Waals surface area contributed by atoms with Gasteiger partial charge in [-0.25, -0.2) is 0 Å². The summed E-state index contributed by atoms with van der Waals surface area (Å²) in [5.74, 6) is 2.94. The molecule has 1 aromatic carbocycles. The molecule has 1 aliphatic carbocycles. The lowest BCUT2D eigenvalue weighted by Crippen LogP contribution is -2.43. The highest BCUT2D eigenvalue weighted by atomic mass is 16.5. The molecule has 1 saturated carbocycles. The summed E-state index contributed by atoms with van der Waals surface area (Å²) in [4.78, 5) is 0. The van der Waals surface area contributed by atoms with Gasteiger partial charge in [0.15, 0.2) is 11.5 Å². The molecule has 0 aliphatic heterocycles. The number of ether oxygens (including phenoxy) is 2. The summed E-state index contributed by atoms with van der Waals surface area (Å²) in [7, 11) is 3.32. The van der Waals surface area contributed by atoms with E-state index < -0.39 is 0 Å². The van der Waals surface area contributed by atoms with E-state index in [0.717, 1.165) is 35.8 Å². The average molecular weight is 263 g/mol. The Labute approximate surface area is 116 Å². The fourth-order valence-electron chi connectivity index (χ4n) is 3.06. The fourth-order valence-corrected chi connectivity index (χ4v) is 3.06. The summed E-state index contributed by atoms with van der Waals surface area (Å²) in [6, 6.07) is 6.05. The molecule has 2 N–H and O–H groups in total. The van der Waals surface area contributed by atoms with Crippen molar-refractivity contribution < 1.29 is 9.47 Å². The van der Waals surface area contributed by atoms with E-state index in [1.165, 1.54) is 6.42 Å². The summed E-state index contributed by atoms with van der Waals surface area (Å²) in [6.07, 6.45) is 3.25. The lowest BCUT2D eigenvalue weighted by Gasteiger charge is -2.40. The van der Waals surface area contributed by atoms with Gasteiger partial charge in [0.05, 0.1) is 14.2 Å². The number of hydrogen-bond donors (Lipinski definition) is 1. The van der Waals surface area contributed by atoms with Crippen molar-refractivity contribution in [1.82, 2.24) is 0 Å². The van der Waals surface area contributed by atoms with Crippen molar-refractivity contribution in [3.63, 3.8) is 0 Å². The van der Waals surface area contributed by atoms with Gasteiger partial charge >= 0.3 is 0 Å². The largest absolute Gasteiger partial charge is 0.493 e. The Morgan fingerprint density at radius 1 is 1.11 bits per heavy atom. The molecule has 1 fully saturated rings. The standard InChI is InChI=1S/C16H25NO2/c1-11-7-8-16(17,10-12(11)2)13-5-6-14(18-3)15(9-13)19-4/h5-6,9,11-12H,7-8,10,17H2,1-4H3. The molecular weight excluding hydrogens is 238 g/mol. The van der Waals surface area contributed by atoms with Gasteiger partial charge in [-0.1, -0.05) is 19.9 Å². The molecule has 1 aliphatic rings. The van der Waals surface area contributed by atoms with E-state index in [-0.39, 0.29) is 5.54 Å². The first-order chi connectivity index (χ1) is 9.00. The number of hydrogen-bond acceptors (Lipinski definition) is 3. The van der Waals surface area contributed by atoms with Gasteiger partial charge in [-0.2, -0.15) is 0 Å². The van der Waals surface area contributed by atoms with Crippen LogP contribution >= 0.6 is 0 Å². The van der Waals surface area contributed by atoms with Gasteiger partial charge < -0.3 is 15.2 Å². The minimum atomic E-state index is -0.231. The number of benzene rings is 1. The van der Waals surface area contributed by atoms with E-state index in [1.54, 1.807) is 14.2 Å². The van der Waals surface area contributed by atoms with Crippen molar-refractivity contribution >= 4 is 0 Å². The second-order valence-corrected chi connectivity index (χ2v) is 5.92. The first kappa shape index (κ1) is 14.2. The van der Waals surface area contributed by atoms with Crippen molar-refractivity contribution in [3.8, 4) is 11.5 Å². The quantitative estimate of drug-likeness (QED) is 0.910. The zero-order valence-corrected chi connectivity index (χ0v) is 12.4. The third-order valence-electron chi connectivity index (χ3n) is 4.66. The molecule has 0 heterocycles. The lowest BCUT2D eigenvalue weighted by molar-refractivity contribution is 0.176. The van der Waals surface area contributed by atoms with Crippen LogP contribution in [0.25, 0.3) is 0 Å². The molecular formula is C16H25NO2. The van der Waals surface area contributed by atoms with Crippen LogP contribution in [0.2, 0.25) is 0 Å². The monoisotopic (exact) mass is 263 g/mol. The van der Waals surface area contributed by atoms with Crippen LogP contribution in [0.3, 0.4) is 0 Å². The second-order valence-electron chi connectivity index (χ2n) is 5.92. The third kappa shape index (κ3) is 2.71. The van der Waals surface area contributed by atoms with Crippen LogP contribution in [0.1, 0.15) is 38.7 Å². The molecule has 19 heavy (non-hydrogen) atoms. The zero-order valence-electron chi connectivity index (χ0n) is 12.4. The van der Waals surface area contributed by atoms with E-state index >= 15 is 0 Å². The summed E-state index contributed by atoms with van der Waals surface area (Å²) < 4.78 is 10.7. The maximum Gasteiger partial charge on any atom is 0.161 e. The summed E-state index contributed by atoms with van der Waals surface area (Å²) in [5, 5.41) is 0. The molecule has 0 radical (unpaired) electrons. The molecule has 106 valence electrons. The highest BCUT2D eigenvalue weighted by Gasteiger charge is 2.36. The maximum absolute atomic E-state index is 6.65. The molecule has 3 atom stereocenters. The van der Waals surface area contributed by atoms with Gasteiger partial charge in [0, 0.05) is 5.54 Å². The van der Waals surface area contributed by atoms with E-state index in [2.05, 4.69) is 19.9 Å². The molecule has 3 unspecified atom stereocenters. The van der Waals surface area contributed by atoms with Crippen molar-refractivity contribution in [1.29, 1.82) is 0 Å². The Kier molecular flexibility index (Phi) is 4.04. The van der Waals surface area contributed by atoms with Crippen molar-refractivity contribution in [2.75, 3.05) is 14.2 Å². The molecule has 0 saturated heterocycles. The number of rotatable bonds is 3. The highest BCUT2D eigenvalue weighted by Crippen LogP contribution is 2.42. The van der Waals surface area contributed by atoms with Crippen LogP contribution in [-0.2, 0) is 5.54 Å². The molecule has 2 rings (SSSR count). The van der Waals surface area contributed by atoms with Gasteiger partial charge in [0.2, 0.25) is 0 Å². The Balaban J connectivity index is 2.30. The average Bonchev–Trinajstić information content (AvgIpc) is 2.42. The van der Waals surface area contributed by atoms with E-state index in [9.17, 15) is 0 Å². The molecule has 3 nitrogen and oxygen atoms in total. The van der Waals surface area contributed by atoms with Gasteiger partial charge in [-0.3, -0.25) is 0 Å². The van der Waals surface area contributed by atoms with Crippen LogP contribution in [0.5, 0.6) is 11.5 Å². The number of nitrogens with two attached hydrogens (primary N) is 1. The summed E-state index contributed by atoms with van der Waals surface area (Å²) in [6.45, 7) is 4.62. The van der Waals surface area contributed by atoms with Gasteiger partial charge in [-0.15, -0.1) is 0 Å². The number of methoxy groups -OCH3 is 2. The Hall–Kier alpha value is -1.22. The second kappa shape index (κ2) is 5.41. The minimum absolute atomic E-state index is 0.231. The van der Waals surface area contributed by atoms with Crippen LogP contribution < -0.4 is 15.2 Å². The summed E-state index contributed by atoms with van der Waals surface area (Å²) in [5.41, 5.74) is 7.58. The molecule has 0 spiro atoms. The van der Waals surface area contributed by atoms with Gasteiger partial charge in [-0.05, 0) is 48.8 Å². The normalized spacial score (nSPS) is 31.0. The summed E-state index contributed by atoms with van der Waals surface area (Å²) >= 11 is 0. The van der Waals surface area contributed by atoms with Gasteiger partial charge in [0.1, 0.15) is 0 Å². The molecule has 1 aromatic rings. The lowest BCUT2D eigenvalue weighted by atomic mass is 9.69. The van der Waals surface area contributed by atoms with Crippen LogP contribution in [0, 0.1) is 11.8 Å². The predicted octanol–water partition coefficient (Wildman–Crippen LogP) is 3.31. The van der Waals surface area contributed by atoms with E-state index in [0.29, 0.717) is 5.92 Å². The van der Waals surface area contributed by atoms with Crippen LogP contribution in [0.4, 0.5) is 0 Å². The highest BCUT2D eigenvalue weighted by molar-refractivity contribution is 5.45. The van der Waals surface area contributed by atoms with Crippen molar-refractivity contribution in [2.24, 2.45) is 17.6 Å². The fraction of sp³-hybridized carbons (Fsp3) is 0.625.